The van der Waals surface area contributed by atoms with Crippen LogP contribution in [0.5, 0.6) is 0 Å². The second-order valence-corrected chi connectivity index (χ2v) is 8.30. The largest absolute Gasteiger partial charge is 0.353 e. The fraction of sp³-hybridized carbons (Fsp3) is 0.562. The highest BCUT2D eigenvalue weighted by molar-refractivity contribution is 9.10. The Balaban J connectivity index is 1.80. The lowest BCUT2D eigenvalue weighted by atomic mass is 9.87. The van der Waals surface area contributed by atoms with Crippen LogP contribution in [-0.4, -0.2) is 21.9 Å². The summed E-state index contributed by atoms with van der Waals surface area (Å²) in [5.41, 5.74) is 0.749. The normalized spacial score (nSPS) is 23.0. The summed E-state index contributed by atoms with van der Waals surface area (Å²) in [5.74, 6) is 0.478. The van der Waals surface area contributed by atoms with E-state index in [4.69, 9.17) is 0 Å². The quantitative estimate of drug-likeness (QED) is 0.836. The summed E-state index contributed by atoms with van der Waals surface area (Å²) in [6.07, 6.45) is 4.28. The number of carbonyl (C=O) groups is 1. The first-order valence-electron chi connectivity index (χ1n) is 7.52. The predicted octanol–water partition coefficient (Wildman–Crippen LogP) is 3.53. The van der Waals surface area contributed by atoms with Crippen molar-refractivity contribution in [1.29, 1.82) is 0 Å². The summed E-state index contributed by atoms with van der Waals surface area (Å²) in [6, 6.07) is 4.49. The molecule has 0 radical (unpaired) electrons. The van der Waals surface area contributed by atoms with E-state index in [0.717, 1.165) is 37.2 Å². The molecule has 0 saturated heterocycles. The number of hydrogen-bond donors (Lipinski definition) is 1. The average molecular weight is 390 g/mol. The minimum atomic E-state index is -1.29. The molecule has 2 rings (SSSR count). The van der Waals surface area contributed by atoms with Gasteiger partial charge < -0.3 is 5.32 Å². The summed E-state index contributed by atoms with van der Waals surface area (Å²) in [6.45, 7) is 2.23. The first-order valence-corrected chi connectivity index (χ1v) is 9.80. The molecule has 1 amide bonds. The molecule has 0 bridgehead atoms. The first-order chi connectivity index (χ1) is 10.4. The van der Waals surface area contributed by atoms with Gasteiger partial charge in [-0.3, -0.25) is 9.00 Å². The van der Waals surface area contributed by atoms with Crippen molar-refractivity contribution in [1.82, 2.24) is 5.32 Å². The predicted molar refractivity (Wildman–Crippen MR) is 90.4 cm³/mol. The highest BCUT2D eigenvalue weighted by atomic mass is 79.9. The SMILES string of the molecule is CC1CCC(NC(=O)C[S@](=O)Cc2ccc(F)cc2Br)CC1. The average Bonchev–Trinajstić information content (AvgIpc) is 2.44. The van der Waals surface area contributed by atoms with Crippen molar-refractivity contribution in [2.75, 3.05) is 5.75 Å². The molecule has 1 aliphatic rings. The fourth-order valence-electron chi connectivity index (χ4n) is 2.68. The van der Waals surface area contributed by atoms with Crippen molar-refractivity contribution in [2.45, 2.75) is 44.4 Å². The molecule has 1 aliphatic carbocycles. The van der Waals surface area contributed by atoms with E-state index < -0.39 is 10.8 Å². The molecule has 0 unspecified atom stereocenters. The number of amides is 1. The topological polar surface area (TPSA) is 46.2 Å². The van der Waals surface area contributed by atoms with E-state index in [1.807, 2.05) is 0 Å². The van der Waals surface area contributed by atoms with Crippen LogP contribution in [0.4, 0.5) is 4.39 Å². The van der Waals surface area contributed by atoms with Crippen LogP contribution < -0.4 is 5.32 Å². The molecule has 3 nitrogen and oxygen atoms in total. The Hall–Kier alpha value is -0.750. The summed E-state index contributed by atoms with van der Waals surface area (Å²) in [4.78, 5) is 12.0. The van der Waals surface area contributed by atoms with Gasteiger partial charge in [0.1, 0.15) is 11.6 Å². The van der Waals surface area contributed by atoms with E-state index in [2.05, 4.69) is 28.2 Å². The van der Waals surface area contributed by atoms with E-state index in [1.54, 1.807) is 6.07 Å². The molecular weight excluding hydrogens is 369 g/mol. The van der Waals surface area contributed by atoms with Gasteiger partial charge in [0.25, 0.3) is 0 Å². The van der Waals surface area contributed by atoms with E-state index in [-0.39, 0.29) is 29.3 Å². The second kappa shape index (κ2) is 8.20. The molecule has 0 heterocycles. The third-order valence-electron chi connectivity index (χ3n) is 4.00. The lowest BCUT2D eigenvalue weighted by Gasteiger charge is -2.26. The number of halogens is 2. The standard InChI is InChI=1S/C16H21BrFNO2S/c1-11-2-6-14(7-3-11)19-16(20)10-22(21)9-12-4-5-13(18)8-15(12)17/h4-5,8,11,14H,2-3,6-7,9-10H2,1H3,(H,19,20)/t11?,14?,22-/m1/s1. The van der Waals surface area contributed by atoms with Gasteiger partial charge in [0, 0.05) is 21.3 Å². The Morgan fingerprint density at radius 3 is 2.68 bits per heavy atom. The summed E-state index contributed by atoms with van der Waals surface area (Å²) in [5, 5.41) is 2.98. The molecular formula is C16H21BrFNO2S. The van der Waals surface area contributed by atoms with Gasteiger partial charge in [-0.2, -0.15) is 0 Å². The van der Waals surface area contributed by atoms with Gasteiger partial charge in [0.05, 0.1) is 5.75 Å². The first kappa shape index (κ1) is 17.6. The van der Waals surface area contributed by atoms with Gasteiger partial charge in [0.15, 0.2) is 0 Å². The third-order valence-corrected chi connectivity index (χ3v) is 5.96. The number of nitrogens with one attached hydrogen (secondary N) is 1. The van der Waals surface area contributed by atoms with Crippen molar-refractivity contribution in [3.8, 4) is 0 Å². The molecule has 22 heavy (non-hydrogen) atoms. The molecule has 0 spiro atoms. The van der Waals surface area contributed by atoms with Crippen molar-refractivity contribution in [3.05, 3.63) is 34.1 Å². The molecule has 1 atom stereocenters. The Bertz CT molecular complexity index is 559. The zero-order chi connectivity index (χ0) is 16.1. The molecule has 1 saturated carbocycles. The van der Waals surface area contributed by atoms with Crippen LogP contribution in [0.1, 0.15) is 38.2 Å². The molecule has 1 fully saturated rings. The molecule has 1 aromatic rings. The number of benzene rings is 1. The van der Waals surface area contributed by atoms with E-state index in [1.165, 1.54) is 12.1 Å². The Labute approximate surface area is 141 Å². The smallest absolute Gasteiger partial charge is 0.232 e. The van der Waals surface area contributed by atoms with Crippen LogP contribution in [0.2, 0.25) is 0 Å². The van der Waals surface area contributed by atoms with Crippen molar-refractivity contribution in [2.24, 2.45) is 5.92 Å². The molecule has 0 aromatic heterocycles. The Kier molecular flexibility index (Phi) is 6.56. The molecule has 1 aromatic carbocycles. The van der Waals surface area contributed by atoms with E-state index in [0.29, 0.717) is 4.47 Å². The van der Waals surface area contributed by atoms with Gasteiger partial charge in [-0.05, 0) is 49.3 Å². The maximum Gasteiger partial charge on any atom is 0.232 e. The monoisotopic (exact) mass is 389 g/mol. The maximum atomic E-state index is 13.0. The van der Waals surface area contributed by atoms with Crippen LogP contribution >= 0.6 is 15.9 Å². The van der Waals surface area contributed by atoms with Crippen molar-refractivity contribution < 1.29 is 13.4 Å². The van der Waals surface area contributed by atoms with E-state index >= 15 is 0 Å². The number of rotatable bonds is 5. The Morgan fingerprint density at radius 2 is 2.05 bits per heavy atom. The van der Waals surface area contributed by atoms with E-state index in [9.17, 15) is 13.4 Å². The number of hydrogen-bond acceptors (Lipinski definition) is 2. The summed E-state index contributed by atoms with van der Waals surface area (Å²) < 4.78 is 25.7. The van der Waals surface area contributed by atoms with Gasteiger partial charge in [-0.15, -0.1) is 0 Å². The van der Waals surface area contributed by atoms with Gasteiger partial charge in [-0.1, -0.05) is 28.9 Å². The molecule has 1 N–H and O–H groups in total. The highest BCUT2D eigenvalue weighted by Gasteiger charge is 2.20. The summed E-state index contributed by atoms with van der Waals surface area (Å²) in [7, 11) is -1.29. The minimum Gasteiger partial charge on any atom is -0.353 e. The van der Waals surface area contributed by atoms with Gasteiger partial charge in [0.2, 0.25) is 5.91 Å². The van der Waals surface area contributed by atoms with Crippen LogP contribution in [-0.2, 0) is 21.3 Å². The Morgan fingerprint density at radius 1 is 1.36 bits per heavy atom. The van der Waals surface area contributed by atoms with Crippen LogP contribution in [0.15, 0.2) is 22.7 Å². The zero-order valence-electron chi connectivity index (χ0n) is 12.6. The van der Waals surface area contributed by atoms with Crippen LogP contribution in [0, 0.1) is 11.7 Å². The minimum absolute atomic E-state index is 0.00410. The molecule has 6 heteroatoms. The van der Waals surface area contributed by atoms with Gasteiger partial charge >= 0.3 is 0 Å². The van der Waals surface area contributed by atoms with Crippen molar-refractivity contribution >= 4 is 32.6 Å². The highest BCUT2D eigenvalue weighted by Crippen LogP contribution is 2.23. The third kappa shape index (κ3) is 5.47. The number of carbonyl (C=O) groups excluding carboxylic acids is 1. The van der Waals surface area contributed by atoms with Crippen LogP contribution in [0.25, 0.3) is 0 Å². The lowest BCUT2D eigenvalue weighted by Crippen LogP contribution is -2.39. The molecule has 122 valence electrons. The van der Waals surface area contributed by atoms with Gasteiger partial charge in [-0.25, -0.2) is 4.39 Å². The molecule has 0 aliphatic heterocycles. The zero-order valence-corrected chi connectivity index (χ0v) is 15.0. The lowest BCUT2D eigenvalue weighted by molar-refractivity contribution is -0.119. The van der Waals surface area contributed by atoms with Crippen LogP contribution in [0.3, 0.4) is 0 Å². The second-order valence-electron chi connectivity index (χ2n) is 5.99. The maximum absolute atomic E-state index is 13.0. The summed E-state index contributed by atoms with van der Waals surface area (Å²) >= 11 is 3.25. The fourth-order valence-corrected chi connectivity index (χ4v) is 4.44. The van der Waals surface area contributed by atoms with Crippen molar-refractivity contribution in [3.63, 3.8) is 0 Å².